The van der Waals surface area contributed by atoms with Crippen molar-refractivity contribution in [2.75, 3.05) is 52.4 Å². The van der Waals surface area contributed by atoms with E-state index >= 15 is 0 Å². The molecular formula is C21H33N5O. The molecule has 4 heterocycles. The highest BCUT2D eigenvalue weighted by molar-refractivity contribution is 5.79. The predicted octanol–water partition coefficient (Wildman–Crippen LogP) is 1.19. The van der Waals surface area contributed by atoms with Crippen molar-refractivity contribution in [3.63, 3.8) is 0 Å². The lowest BCUT2D eigenvalue weighted by Gasteiger charge is -2.43. The number of nitrogens with one attached hydrogen (secondary N) is 1. The number of carbonyl (C=O) groups excluding carboxylic acids is 1. The molecule has 1 aromatic rings. The predicted molar refractivity (Wildman–Crippen MR) is 106 cm³/mol. The average Bonchev–Trinajstić information content (AvgIpc) is 2.75. The second-order valence-corrected chi connectivity index (χ2v) is 8.27. The Morgan fingerprint density at radius 1 is 1.04 bits per heavy atom. The van der Waals surface area contributed by atoms with Crippen LogP contribution in [0.2, 0.25) is 0 Å². The molecule has 1 unspecified atom stereocenters. The number of carbonyl (C=O) groups is 1. The Bertz CT molecular complexity index is 596. The molecule has 3 fully saturated rings. The van der Waals surface area contributed by atoms with Crippen LogP contribution in [0.3, 0.4) is 0 Å². The summed E-state index contributed by atoms with van der Waals surface area (Å²) >= 11 is 0. The van der Waals surface area contributed by atoms with E-state index in [4.69, 9.17) is 0 Å². The minimum Gasteiger partial charge on any atom is -0.340 e. The molecule has 3 aliphatic rings. The molecule has 148 valence electrons. The lowest BCUT2D eigenvalue weighted by Crippen LogP contribution is -2.53. The molecular weight excluding hydrogens is 338 g/mol. The molecule has 3 saturated heterocycles. The maximum Gasteiger partial charge on any atom is 0.227 e. The van der Waals surface area contributed by atoms with E-state index in [0.29, 0.717) is 11.9 Å². The Morgan fingerprint density at radius 2 is 1.78 bits per heavy atom. The third-order valence-electron chi connectivity index (χ3n) is 6.46. The van der Waals surface area contributed by atoms with Gasteiger partial charge < -0.3 is 10.2 Å². The minimum absolute atomic E-state index is 0.215. The van der Waals surface area contributed by atoms with Gasteiger partial charge in [0.25, 0.3) is 0 Å². The Kier molecular flexibility index (Phi) is 6.37. The Labute approximate surface area is 162 Å². The van der Waals surface area contributed by atoms with Crippen molar-refractivity contribution in [1.82, 2.24) is 25.0 Å². The molecule has 6 heteroatoms. The number of rotatable bonds is 4. The Hall–Kier alpha value is -1.50. The average molecular weight is 372 g/mol. The van der Waals surface area contributed by atoms with Gasteiger partial charge >= 0.3 is 0 Å². The maximum atomic E-state index is 12.9. The number of piperazine rings is 1. The van der Waals surface area contributed by atoms with E-state index in [1.54, 1.807) is 0 Å². The monoisotopic (exact) mass is 371 g/mol. The topological polar surface area (TPSA) is 51.7 Å². The zero-order valence-electron chi connectivity index (χ0n) is 16.4. The van der Waals surface area contributed by atoms with Crippen LogP contribution in [0.5, 0.6) is 0 Å². The van der Waals surface area contributed by atoms with Crippen molar-refractivity contribution < 1.29 is 4.79 Å². The number of pyridine rings is 1. The molecule has 0 spiro atoms. The molecule has 1 N–H and O–H groups in total. The largest absolute Gasteiger partial charge is 0.340 e. The van der Waals surface area contributed by atoms with E-state index < -0.39 is 0 Å². The fourth-order valence-corrected chi connectivity index (χ4v) is 4.87. The lowest BCUT2D eigenvalue weighted by atomic mass is 9.92. The maximum absolute atomic E-state index is 12.9. The fourth-order valence-electron chi connectivity index (χ4n) is 4.87. The molecule has 27 heavy (non-hydrogen) atoms. The summed E-state index contributed by atoms with van der Waals surface area (Å²) in [6.07, 6.45) is 8.44. The molecule has 1 atom stereocenters. The summed E-state index contributed by atoms with van der Waals surface area (Å²) in [5, 5.41) is 3.34. The highest BCUT2D eigenvalue weighted by Gasteiger charge is 2.33. The van der Waals surface area contributed by atoms with Crippen LogP contribution in [0.15, 0.2) is 24.5 Å². The van der Waals surface area contributed by atoms with Crippen molar-refractivity contribution in [1.29, 1.82) is 0 Å². The number of likely N-dealkylation sites (tertiary alicyclic amines) is 2. The van der Waals surface area contributed by atoms with Crippen molar-refractivity contribution in [2.45, 2.75) is 38.3 Å². The first kappa shape index (κ1) is 18.8. The fraction of sp³-hybridized carbons (Fsp3) is 0.714. The Balaban J connectivity index is 1.26. The summed E-state index contributed by atoms with van der Waals surface area (Å²) < 4.78 is 0. The first-order valence-corrected chi connectivity index (χ1v) is 10.6. The second kappa shape index (κ2) is 9.13. The van der Waals surface area contributed by atoms with E-state index in [2.05, 4.69) is 37.1 Å². The van der Waals surface area contributed by atoms with Crippen molar-refractivity contribution in [3.8, 4) is 0 Å². The normalized spacial score (nSPS) is 26.2. The molecule has 0 bridgehead atoms. The first-order valence-electron chi connectivity index (χ1n) is 10.6. The number of amides is 1. The summed E-state index contributed by atoms with van der Waals surface area (Å²) in [5.41, 5.74) is 1.35. The standard InChI is InChI=1S/C21H33N5O/c27-21(25-14-9-23-10-15-25)19-2-1-11-26(17-19)20-5-12-24(13-6-20)16-18-3-7-22-8-4-18/h3-4,7-8,19-20,23H,1-2,5-6,9-17H2. The van der Waals surface area contributed by atoms with E-state index in [0.717, 1.165) is 58.8 Å². The van der Waals surface area contributed by atoms with Gasteiger partial charge in [0.1, 0.15) is 0 Å². The quantitative estimate of drug-likeness (QED) is 0.862. The Morgan fingerprint density at radius 3 is 2.52 bits per heavy atom. The molecule has 0 radical (unpaired) electrons. The molecule has 0 aromatic carbocycles. The van der Waals surface area contributed by atoms with Crippen molar-refractivity contribution in [2.24, 2.45) is 5.92 Å². The van der Waals surface area contributed by atoms with Crippen molar-refractivity contribution >= 4 is 5.91 Å². The van der Waals surface area contributed by atoms with Gasteiger partial charge in [0, 0.05) is 57.7 Å². The van der Waals surface area contributed by atoms with Crippen molar-refractivity contribution in [3.05, 3.63) is 30.1 Å². The summed E-state index contributed by atoms with van der Waals surface area (Å²) in [6, 6.07) is 4.88. The second-order valence-electron chi connectivity index (χ2n) is 8.27. The molecule has 0 aliphatic carbocycles. The minimum atomic E-state index is 0.215. The lowest BCUT2D eigenvalue weighted by molar-refractivity contribution is -0.138. The third-order valence-corrected chi connectivity index (χ3v) is 6.46. The summed E-state index contributed by atoms with van der Waals surface area (Å²) in [7, 11) is 0. The highest BCUT2D eigenvalue weighted by Crippen LogP contribution is 2.25. The smallest absolute Gasteiger partial charge is 0.227 e. The first-order chi connectivity index (χ1) is 13.3. The van der Waals surface area contributed by atoms with E-state index in [1.165, 1.54) is 31.4 Å². The van der Waals surface area contributed by atoms with Gasteiger partial charge in [-0.05, 0) is 63.0 Å². The van der Waals surface area contributed by atoms with Crippen LogP contribution in [-0.4, -0.2) is 84.0 Å². The molecule has 0 saturated carbocycles. The van der Waals surface area contributed by atoms with Gasteiger partial charge in [-0.2, -0.15) is 0 Å². The van der Waals surface area contributed by atoms with Gasteiger partial charge in [-0.25, -0.2) is 0 Å². The van der Waals surface area contributed by atoms with Crippen LogP contribution in [0.4, 0.5) is 0 Å². The van der Waals surface area contributed by atoms with Crippen LogP contribution >= 0.6 is 0 Å². The third kappa shape index (κ3) is 4.86. The zero-order chi connectivity index (χ0) is 18.5. The van der Waals surface area contributed by atoms with Crippen LogP contribution in [0, 0.1) is 5.92 Å². The van der Waals surface area contributed by atoms with Gasteiger partial charge in [-0.15, -0.1) is 0 Å². The molecule has 3 aliphatic heterocycles. The van der Waals surface area contributed by atoms with Crippen LogP contribution in [0.1, 0.15) is 31.2 Å². The van der Waals surface area contributed by atoms with Gasteiger partial charge in [0.15, 0.2) is 0 Å². The number of hydrogen-bond acceptors (Lipinski definition) is 5. The molecule has 6 nitrogen and oxygen atoms in total. The zero-order valence-corrected chi connectivity index (χ0v) is 16.4. The summed E-state index contributed by atoms with van der Waals surface area (Å²) in [4.78, 5) is 24.3. The SMILES string of the molecule is O=C(C1CCCN(C2CCN(Cc3ccncc3)CC2)C1)N1CCNCC1. The van der Waals surface area contributed by atoms with Gasteiger partial charge in [-0.3, -0.25) is 19.6 Å². The van der Waals surface area contributed by atoms with E-state index in [-0.39, 0.29) is 5.92 Å². The van der Waals surface area contributed by atoms with Gasteiger partial charge in [0.05, 0.1) is 5.92 Å². The summed E-state index contributed by atoms with van der Waals surface area (Å²) in [5.74, 6) is 0.614. The molecule has 1 aromatic heterocycles. The number of nitrogens with zero attached hydrogens (tertiary/aromatic N) is 4. The van der Waals surface area contributed by atoms with Gasteiger partial charge in [-0.1, -0.05) is 0 Å². The molecule has 1 amide bonds. The van der Waals surface area contributed by atoms with E-state index in [1.807, 2.05) is 12.4 Å². The highest BCUT2D eigenvalue weighted by atomic mass is 16.2. The number of aromatic nitrogens is 1. The van der Waals surface area contributed by atoms with Crippen LogP contribution in [-0.2, 0) is 11.3 Å². The van der Waals surface area contributed by atoms with E-state index in [9.17, 15) is 4.79 Å². The number of piperidine rings is 2. The number of hydrogen-bond donors (Lipinski definition) is 1. The van der Waals surface area contributed by atoms with Gasteiger partial charge in [0.2, 0.25) is 5.91 Å². The van der Waals surface area contributed by atoms with Crippen LogP contribution < -0.4 is 5.32 Å². The molecule has 4 rings (SSSR count). The van der Waals surface area contributed by atoms with Crippen LogP contribution in [0.25, 0.3) is 0 Å². The summed E-state index contributed by atoms with van der Waals surface area (Å²) in [6.45, 7) is 9.11.